The fourth-order valence-corrected chi connectivity index (χ4v) is 1.27. The zero-order chi connectivity index (χ0) is 9.26. The number of anilines is 1. The maximum Gasteiger partial charge on any atom is 0.0697 e. The van der Waals surface area contributed by atoms with Crippen LogP contribution >= 0.6 is 0 Å². The van der Waals surface area contributed by atoms with Crippen LogP contribution in [0.1, 0.15) is 5.56 Å². The first-order valence-corrected chi connectivity index (χ1v) is 4.00. The van der Waals surface area contributed by atoms with Crippen molar-refractivity contribution >= 4 is 5.69 Å². The van der Waals surface area contributed by atoms with Crippen LogP contribution in [0, 0.1) is 6.92 Å². The molecule has 1 aromatic heterocycles. The van der Waals surface area contributed by atoms with Gasteiger partial charge in [0, 0.05) is 5.69 Å². The number of hydrogen-bond donors (Lipinski definition) is 1. The molecule has 0 saturated carbocycles. The van der Waals surface area contributed by atoms with Crippen molar-refractivity contribution in [3.05, 3.63) is 36.2 Å². The van der Waals surface area contributed by atoms with Gasteiger partial charge >= 0.3 is 0 Å². The van der Waals surface area contributed by atoms with Crippen LogP contribution in [0.4, 0.5) is 5.69 Å². The van der Waals surface area contributed by atoms with Crippen LogP contribution in [0.15, 0.2) is 30.6 Å². The van der Waals surface area contributed by atoms with Crippen molar-refractivity contribution in [2.24, 2.45) is 0 Å². The van der Waals surface area contributed by atoms with Gasteiger partial charge < -0.3 is 5.73 Å². The summed E-state index contributed by atoms with van der Waals surface area (Å²) in [7, 11) is 0. The molecule has 0 aliphatic carbocycles. The zero-order valence-electron chi connectivity index (χ0n) is 7.31. The average molecular weight is 174 g/mol. The molecule has 2 N–H and O–H groups in total. The van der Waals surface area contributed by atoms with Crippen LogP contribution in [-0.2, 0) is 0 Å². The maximum absolute atomic E-state index is 5.64. The molecule has 0 aliphatic heterocycles. The number of benzene rings is 1. The van der Waals surface area contributed by atoms with Crippen LogP contribution in [0.2, 0.25) is 0 Å². The zero-order valence-corrected chi connectivity index (χ0v) is 7.31. The molecule has 0 saturated heterocycles. The molecule has 0 fully saturated rings. The third-order valence-electron chi connectivity index (χ3n) is 1.89. The second-order valence-electron chi connectivity index (χ2n) is 2.89. The second kappa shape index (κ2) is 2.90. The van der Waals surface area contributed by atoms with Crippen LogP contribution in [-0.4, -0.2) is 15.0 Å². The van der Waals surface area contributed by atoms with Crippen molar-refractivity contribution in [3.63, 3.8) is 0 Å². The highest BCUT2D eigenvalue weighted by molar-refractivity contribution is 5.50. The lowest BCUT2D eigenvalue weighted by Gasteiger charge is -2.04. The second-order valence-corrected chi connectivity index (χ2v) is 2.89. The first-order valence-electron chi connectivity index (χ1n) is 4.00. The van der Waals surface area contributed by atoms with E-state index < -0.39 is 0 Å². The monoisotopic (exact) mass is 174 g/mol. The summed E-state index contributed by atoms with van der Waals surface area (Å²) >= 11 is 0. The van der Waals surface area contributed by atoms with Crippen molar-refractivity contribution in [1.82, 2.24) is 15.0 Å². The summed E-state index contributed by atoms with van der Waals surface area (Å²) in [6, 6.07) is 5.69. The number of nitrogens with zero attached hydrogens (tertiary/aromatic N) is 3. The van der Waals surface area contributed by atoms with E-state index in [1.54, 1.807) is 17.1 Å². The Morgan fingerprint density at radius 3 is 2.85 bits per heavy atom. The van der Waals surface area contributed by atoms with Gasteiger partial charge in [-0.1, -0.05) is 5.21 Å². The van der Waals surface area contributed by atoms with E-state index in [2.05, 4.69) is 10.3 Å². The van der Waals surface area contributed by atoms with Gasteiger partial charge in [-0.05, 0) is 30.7 Å². The number of rotatable bonds is 1. The Balaban J connectivity index is 2.53. The molecule has 1 heterocycles. The van der Waals surface area contributed by atoms with Gasteiger partial charge in [-0.2, -0.15) is 0 Å². The lowest BCUT2D eigenvalue weighted by Crippen LogP contribution is -1.98. The van der Waals surface area contributed by atoms with E-state index in [0.29, 0.717) is 0 Å². The van der Waals surface area contributed by atoms with E-state index >= 15 is 0 Å². The summed E-state index contributed by atoms with van der Waals surface area (Å²) in [5, 5.41) is 7.65. The first kappa shape index (κ1) is 7.79. The fraction of sp³-hybridized carbons (Fsp3) is 0.111. The lowest BCUT2D eigenvalue weighted by atomic mass is 10.2. The largest absolute Gasteiger partial charge is 0.399 e. The summed E-state index contributed by atoms with van der Waals surface area (Å²) in [6.45, 7) is 1.99. The van der Waals surface area contributed by atoms with Crippen LogP contribution in [0.25, 0.3) is 5.69 Å². The third-order valence-corrected chi connectivity index (χ3v) is 1.89. The lowest BCUT2D eigenvalue weighted by molar-refractivity contribution is 0.799. The standard InChI is InChI=1S/C9H10N4/c1-7-6-8(10)2-3-9(7)13-5-4-11-12-13/h2-6H,10H2,1H3. The topological polar surface area (TPSA) is 56.7 Å². The summed E-state index contributed by atoms with van der Waals surface area (Å²) in [6.07, 6.45) is 3.45. The van der Waals surface area contributed by atoms with Crippen molar-refractivity contribution in [2.75, 3.05) is 5.73 Å². The molecular weight excluding hydrogens is 164 g/mol. The van der Waals surface area contributed by atoms with E-state index in [1.807, 2.05) is 25.1 Å². The summed E-state index contributed by atoms with van der Waals surface area (Å²) in [5.74, 6) is 0. The van der Waals surface area contributed by atoms with Crippen LogP contribution in [0.5, 0.6) is 0 Å². The third kappa shape index (κ3) is 1.38. The quantitative estimate of drug-likeness (QED) is 0.660. The Hall–Kier alpha value is -1.84. The number of aryl methyl sites for hydroxylation is 1. The predicted molar refractivity (Wildman–Crippen MR) is 50.5 cm³/mol. The van der Waals surface area contributed by atoms with Gasteiger partial charge in [0.1, 0.15) is 0 Å². The molecule has 0 unspecified atom stereocenters. The van der Waals surface area contributed by atoms with Crippen molar-refractivity contribution in [2.45, 2.75) is 6.92 Å². The van der Waals surface area contributed by atoms with Crippen molar-refractivity contribution < 1.29 is 0 Å². The van der Waals surface area contributed by atoms with Gasteiger partial charge in [-0.15, -0.1) is 5.10 Å². The molecule has 2 aromatic rings. The molecule has 0 amide bonds. The van der Waals surface area contributed by atoms with E-state index in [0.717, 1.165) is 16.9 Å². The Kier molecular flexibility index (Phi) is 1.73. The summed E-state index contributed by atoms with van der Waals surface area (Å²) in [4.78, 5) is 0. The fourth-order valence-electron chi connectivity index (χ4n) is 1.27. The number of hydrogen-bond acceptors (Lipinski definition) is 3. The number of nitrogens with two attached hydrogens (primary N) is 1. The average Bonchev–Trinajstić information content (AvgIpc) is 2.56. The molecule has 13 heavy (non-hydrogen) atoms. The minimum atomic E-state index is 0.765. The number of aromatic nitrogens is 3. The van der Waals surface area contributed by atoms with Gasteiger partial charge in [-0.3, -0.25) is 0 Å². The van der Waals surface area contributed by atoms with Crippen molar-refractivity contribution in [1.29, 1.82) is 0 Å². The highest BCUT2D eigenvalue weighted by atomic mass is 15.4. The highest BCUT2D eigenvalue weighted by Gasteiger charge is 2.00. The summed E-state index contributed by atoms with van der Waals surface area (Å²) in [5.41, 5.74) is 8.50. The van der Waals surface area contributed by atoms with Gasteiger partial charge in [0.15, 0.2) is 0 Å². The van der Waals surface area contributed by atoms with Gasteiger partial charge in [-0.25, -0.2) is 4.68 Å². The Labute approximate surface area is 76.0 Å². The molecule has 0 radical (unpaired) electrons. The molecule has 66 valence electrons. The predicted octanol–water partition coefficient (Wildman–Crippen LogP) is 1.16. The Morgan fingerprint density at radius 1 is 1.38 bits per heavy atom. The van der Waals surface area contributed by atoms with E-state index in [4.69, 9.17) is 5.73 Å². The molecule has 4 nitrogen and oxygen atoms in total. The molecular formula is C9H10N4. The maximum atomic E-state index is 5.64. The smallest absolute Gasteiger partial charge is 0.0697 e. The molecule has 0 spiro atoms. The Morgan fingerprint density at radius 2 is 2.23 bits per heavy atom. The minimum Gasteiger partial charge on any atom is -0.399 e. The highest BCUT2D eigenvalue weighted by Crippen LogP contribution is 2.15. The normalized spacial score (nSPS) is 10.2. The van der Waals surface area contributed by atoms with E-state index in [-0.39, 0.29) is 0 Å². The SMILES string of the molecule is Cc1cc(N)ccc1-n1ccnn1. The first-order chi connectivity index (χ1) is 6.27. The van der Waals surface area contributed by atoms with Gasteiger partial charge in [0.25, 0.3) is 0 Å². The van der Waals surface area contributed by atoms with E-state index in [1.165, 1.54) is 0 Å². The van der Waals surface area contributed by atoms with E-state index in [9.17, 15) is 0 Å². The van der Waals surface area contributed by atoms with Crippen LogP contribution < -0.4 is 5.73 Å². The van der Waals surface area contributed by atoms with Gasteiger partial charge in [0.05, 0.1) is 18.1 Å². The molecule has 1 aromatic carbocycles. The number of nitrogen functional groups attached to an aromatic ring is 1. The molecule has 4 heteroatoms. The van der Waals surface area contributed by atoms with Crippen LogP contribution in [0.3, 0.4) is 0 Å². The van der Waals surface area contributed by atoms with Crippen molar-refractivity contribution in [3.8, 4) is 5.69 Å². The molecule has 2 rings (SSSR count). The Bertz CT molecular complexity index is 406. The molecule has 0 aliphatic rings. The molecule has 0 atom stereocenters. The van der Waals surface area contributed by atoms with Gasteiger partial charge in [0.2, 0.25) is 0 Å². The summed E-state index contributed by atoms with van der Waals surface area (Å²) < 4.78 is 1.72. The molecule has 0 bridgehead atoms. The minimum absolute atomic E-state index is 0.765.